The zero-order valence-electron chi connectivity index (χ0n) is 6.90. The van der Waals surface area contributed by atoms with Gasteiger partial charge < -0.3 is 15.6 Å². The molecule has 4 heteroatoms. The fourth-order valence-electron chi connectivity index (χ4n) is 1.40. The van der Waals surface area contributed by atoms with E-state index in [4.69, 9.17) is 10.5 Å². The quantitative estimate of drug-likeness (QED) is 0.702. The van der Waals surface area contributed by atoms with Crippen LogP contribution in [0.1, 0.15) is 11.6 Å². The summed E-state index contributed by atoms with van der Waals surface area (Å²) in [7, 11) is 0. The molecule has 0 saturated heterocycles. The standard InChI is InChI=1S/C9H10INO2/c10-5-1-2-8-6(3-5)9(11)7(12)4-13-8/h1-3,7,9,12H,4,11H2. The Morgan fingerprint density at radius 1 is 1.54 bits per heavy atom. The second-order valence-corrected chi connectivity index (χ2v) is 4.33. The predicted molar refractivity (Wildman–Crippen MR) is 57.6 cm³/mol. The van der Waals surface area contributed by atoms with Crippen LogP contribution >= 0.6 is 22.6 Å². The average Bonchev–Trinajstić information content (AvgIpc) is 2.12. The third kappa shape index (κ3) is 1.66. The molecule has 1 aliphatic heterocycles. The van der Waals surface area contributed by atoms with Gasteiger partial charge in [-0.15, -0.1) is 0 Å². The average molecular weight is 291 g/mol. The Kier molecular flexibility index (Phi) is 2.44. The monoisotopic (exact) mass is 291 g/mol. The molecule has 3 N–H and O–H groups in total. The molecular weight excluding hydrogens is 281 g/mol. The molecule has 1 aromatic rings. The number of ether oxygens (including phenoxy) is 1. The summed E-state index contributed by atoms with van der Waals surface area (Å²) in [6, 6.07) is 5.48. The Hall–Kier alpha value is -0.330. The van der Waals surface area contributed by atoms with Gasteiger partial charge in [-0.1, -0.05) is 0 Å². The van der Waals surface area contributed by atoms with Crippen molar-refractivity contribution in [3.8, 4) is 5.75 Å². The molecule has 0 aromatic heterocycles. The number of halogens is 1. The maximum Gasteiger partial charge on any atom is 0.124 e. The van der Waals surface area contributed by atoms with E-state index in [1.54, 1.807) is 0 Å². The smallest absolute Gasteiger partial charge is 0.124 e. The van der Waals surface area contributed by atoms with Crippen molar-refractivity contribution in [1.82, 2.24) is 0 Å². The van der Waals surface area contributed by atoms with E-state index in [0.29, 0.717) is 0 Å². The molecule has 1 aromatic carbocycles. The first-order valence-electron chi connectivity index (χ1n) is 4.04. The van der Waals surface area contributed by atoms with Gasteiger partial charge in [0.15, 0.2) is 0 Å². The molecule has 0 aliphatic carbocycles. The lowest BCUT2D eigenvalue weighted by atomic mass is 9.99. The highest BCUT2D eigenvalue weighted by Gasteiger charge is 2.26. The number of hydrogen-bond donors (Lipinski definition) is 2. The maximum atomic E-state index is 9.46. The van der Waals surface area contributed by atoms with E-state index in [1.807, 2.05) is 18.2 Å². The van der Waals surface area contributed by atoms with Gasteiger partial charge in [0.1, 0.15) is 18.5 Å². The molecule has 1 aliphatic rings. The van der Waals surface area contributed by atoms with Crippen LogP contribution in [0.15, 0.2) is 18.2 Å². The van der Waals surface area contributed by atoms with Gasteiger partial charge in [0.2, 0.25) is 0 Å². The minimum Gasteiger partial charge on any atom is -0.490 e. The Labute approximate surface area is 90.0 Å². The lowest BCUT2D eigenvalue weighted by molar-refractivity contribution is 0.0678. The van der Waals surface area contributed by atoms with Crippen LogP contribution in [0.5, 0.6) is 5.75 Å². The Balaban J connectivity index is 2.45. The Morgan fingerprint density at radius 3 is 3.08 bits per heavy atom. The molecule has 0 saturated carbocycles. The fraction of sp³-hybridized carbons (Fsp3) is 0.333. The summed E-state index contributed by atoms with van der Waals surface area (Å²) in [6.45, 7) is 0.286. The van der Waals surface area contributed by atoms with Crippen LogP contribution in [0.3, 0.4) is 0 Å². The summed E-state index contributed by atoms with van der Waals surface area (Å²) in [6.07, 6.45) is -0.592. The lowest BCUT2D eigenvalue weighted by Crippen LogP contribution is -2.35. The number of benzene rings is 1. The minimum atomic E-state index is -0.592. The molecule has 2 unspecified atom stereocenters. The van der Waals surface area contributed by atoms with Crippen molar-refractivity contribution in [3.05, 3.63) is 27.3 Å². The molecule has 70 valence electrons. The van der Waals surface area contributed by atoms with E-state index >= 15 is 0 Å². The van der Waals surface area contributed by atoms with Crippen molar-refractivity contribution >= 4 is 22.6 Å². The van der Waals surface area contributed by atoms with Crippen LogP contribution in [0.4, 0.5) is 0 Å². The second kappa shape index (κ2) is 3.43. The highest BCUT2D eigenvalue weighted by atomic mass is 127. The van der Waals surface area contributed by atoms with Gasteiger partial charge in [0.05, 0.1) is 6.04 Å². The highest BCUT2D eigenvalue weighted by Crippen LogP contribution is 2.31. The molecule has 0 bridgehead atoms. The predicted octanol–water partition coefficient (Wildman–Crippen LogP) is 1.04. The number of aliphatic hydroxyl groups is 1. The molecule has 0 amide bonds. The van der Waals surface area contributed by atoms with Gasteiger partial charge in [0, 0.05) is 9.13 Å². The largest absolute Gasteiger partial charge is 0.490 e. The van der Waals surface area contributed by atoms with Crippen molar-refractivity contribution in [1.29, 1.82) is 0 Å². The Bertz CT molecular complexity index is 329. The van der Waals surface area contributed by atoms with Gasteiger partial charge in [-0.2, -0.15) is 0 Å². The molecule has 0 radical (unpaired) electrons. The number of nitrogens with two attached hydrogens (primary N) is 1. The summed E-state index contributed by atoms with van der Waals surface area (Å²) in [5, 5.41) is 9.46. The Morgan fingerprint density at radius 2 is 2.31 bits per heavy atom. The van der Waals surface area contributed by atoms with Crippen LogP contribution in [-0.2, 0) is 0 Å². The van der Waals surface area contributed by atoms with Gasteiger partial charge in [-0.3, -0.25) is 0 Å². The van der Waals surface area contributed by atoms with E-state index in [0.717, 1.165) is 14.9 Å². The number of fused-ring (bicyclic) bond motifs is 1. The third-order valence-electron chi connectivity index (χ3n) is 2.16. The van der Waals surface area contributed by atoms with Crippen molar-refractivity contribution in [2.45, 2.75) is 12.1 Å². The third-order valence-corrected chi connectivity index (χ3v) is 2.83. The van der Waals surface area contributed by atoms with Crippen LogP contribution < -0.4 is 10.5 Å². The van der Waals surface area contributed by atoms with Crippen molar-refractivity contribution in [2.75, 3.05) is 6.61 Å². The fourth-order valence-corrected chi connectivity index (χ4v) is 1.91. The normalized spacial score (nSPS) is 26.4. The SMILES string of the molecule is NC1c2cc(I)ccc2OCC1O. The zero-order valence-corrected chi connectivity index (χ0v) is 9.06. The van der Waals surface area contributed by atoms with E-state index in [1.165, 1.54) is 0 Å². The first-order valence-corrected chi connectivity index (χ1v) is 5.12. The van der Waals surface area contributed by atoms with E-state index < -0.39 is 6.10 Å². The van der Waals surface area contributed by atoms with Crippen molar-refractivity contribution in [3.63, 3.8) is 0 Å². The summed E-state index contributed by atoms with van der Waals surface area (Å²) >= 11 is 2.21. The molecular formula is C9H10INO2. The van der Waals surface area contributed by atoms with Gasteiger partial charge >= 0.3 is 0 Å². The van der Waals surface area contributed by atoms with Gasteiger partial charge in [-0.05, 0) is 40.8 Å². The van der Waals surface area contributed by atoms with Crippen LogP contribution in [-0.4, -0.2) is 17.8 Å². The highest BCUT2D eigenvalue weighted by molar-refractivity contribution is 14.1. The topological polar surface area (TPSA) is 55.5 Å². The van der Waals surface area contributed by atoms with Crippen molar-refractivity contribution < 1.29 is 9.84 Å². The number of rotatable bonds is 0. The molecule has 13 heavy (non-hydrogen) atoms. The van der Waals surface area contributed by atoms with E-state index in [9.17, 15) is 5.11 Å². The lowest BCUT2D eigenvalue weighted by Gasteiger charge is -2.27. The van der Waals surface area contributed by atoms with E-state index in [2.05, 4.69) is 22.6 Å². The number of hydrogen-bond acceptors (Lipinski definition) is 3. The minimum absolute atomic E-state index is 0.286. The van der Waals surface area contributed by atoms with Crippen LogP contribution in [0.2, 0.25) is 0 Å². The summed E-state index contributed by atoms with van der Waals surface area (Å²) < 4.78 is 6.43. The maximum absolute atomic E-state index is 9.46. The van der Waals surface area contributed by atoms with Gasteiger partial charge in [0.25, 0.3) is 0 Å². The molecule has 0 fully saturated rings. The van der Waals surface area contributed by atoms with Crippen LogP contribution in [0, 0.1) is 3.57 Å². The van der Waals surface area contributed by atoms with Crippen molar-refractivity contribution in [2.24, 2.45) is 5.73 Å². The summed E-state index contributed by atoms with van der Waals surface area (Å²) in [5.74, 6) is 0.790. The molecule has 3 nitrogen and oxygen atoms in total. The van der Waals surface area contributed by atoms with E-state index in [-0.39, 0.29) is 12.6 Å². The zero-order chi connectivity index (χ0) is 9.42. The molecule has 2 rings (SSSR count). The van der Waals surface area contributed by atoms with Crippen LogP contribution in [0.25, 0.3) is 0 Å². The molecule has 2 atom stereocenters. The van der Waals surface area contributed by atoms with Gasteiger partial charge in [-0.25, -0.2) is 0 Å². The first-order chi connectivity index (χ1) is 6.18. The number of aliphatic hydroxyl groups excluding tert-OH is 1. The second-order valence-electron chi connectivity index (χ2n) is 3.09. The first kappa shape index (κ1) is 9.23. The summed E-state index contributed by atoms with van der Waals surface area (Å²) in [5.41, 5.74) is 6.72. The molecule has 0 spiro atoms. The molecule has 1 heterocycles. The summed E-state index contributed by atoms with van der Waals surface area (Å²) in [4.78, 5) is 0.